The van der Waals surface area contributed by atoms with Gasteiger partial charge in [-0.05, 0) is 22.0 Å². The van der Waals surface area contributed by atoms with E-state index in [2.05, 4.69) is 15.9 Å². The lowest BCUT2D eigenvalue weighted by Gasteiger charge is -2.01. The normalized spacial score (nSPS) is 10.2. The zero-order valence-corrected chi connectivity index (χ0v) is 8.07. The summed E-state index contributed by atoms with van der Waals surface area (Å²) >= 11 is 2.84. The Labute approximate surface area is 81.9 Å². The molecular formula is C8H6BrF2NO. The van der Waals surface area contributed by atoms with Gasteiger partial charge in [0.2, 0.25) is 0 Å². The Morgan fingerprint density at radius 3 is 2.54 bits per heavy atom. The standard InChI is InChI=1S/C8H6BrF2NO/c9-5-1-4(8(13)3-12)6(10)2-7(5)11/h1-2H,3,12H2. The minimum absolute atomic E-state index is 0.0469. The molecule has 0 amide bonds. The number of hydrogen-bond donors (Lipinski definition) is 1. The van der Waals surface area contributed by atoms with Crippen LogP contribution in [-0.4, -0.2) is 12.3 Å². The molecule has 1 rings (SSSR count). The average molecular weight is 250 g/mol. The Bertz CT molecular complexity index is 354. The first-order valence-electron chi connectivity index (χ1n) is 3.44. The fourth-order valence-electron chi connectivity index (χ4n) is 0.846. The van der Waals surface area contributed by atoms with Gasteiger partial charge in [0.15, 0.2) is 5.78 Å². The van der Waals surface area contributed by atoms with Gasteiger partial charge in [-0.25, -0.2) is 8.78 Å². The minimum Gasteiger partial charge on any atom is -0.324 e. The molecule has 1 aromatic rings. The van der Waals surface area contributed by atoms with Crippen molar-refractivity contribution >= 4 is 21.7 Å². The summed E-state index contributed by atoms with van der Waals surface area (Å²) in [5, 5.41) is 0. The summed E-state index contributed by atoms with van der Waals surface area (Å²) in [5.74, 6) is -2.19. The van der Waals surface area contributed by atoms with Crippen molar-refractivity contribution in [3.63, 3.8) is 0 Å². The highest BCUT2D eigenvalue weighted by atomic mass is 79.9. The molecule has 70 valence electrons. The van der Waals surface area contributed by atoms with Gasteiger partial charge in [-0.3, -0.25) is 4.79 Å². The lowest BCUT2D eigenvalue weighted by Crippen LogP contribution is -2.15. The highest BCUT2D eigenvalue weighted by molar-refractivity contribution is 9.10. The third-order valence-corrected chi connectivity index (χ3v) is 2.10. The van der Waals surface area contributed by atoms with Gasteiger partial charge in [0.1, 0.15) is 11.6 Å². The summed E-state index contributed by atoms with van der Waals surface area (Å²) in [7, 11) is 0. The van der Waals surface area contributed by atoms with Gasteiger partial charge >= 0.3 is 0 Å². The lowest BCUT2D eigenvalue weighted by molar-refractivity contribution is 0.0997. The number of Topliss-reactive ketones (excluding diaryl/α,β-unsaturated/α-hetero) is 1. The van der Waals surface area contributed by atoms with Crippen LogP contribution in [0.5, 0.6) is 0 Å². The monoisotopic (exact) mass is 249 g/mol. The van der Waals surface area contributed by atoms with E-state index in [9.17, 15) is 13.6 Å². The van der Waals surface area contributed by atoms with E-state index >= 15 is 0 Å². The Kier molecular flexibility index (Phi) is 3.11. The van der Waals surface area contributed by atoms with E-state index in [1.807, 2.05) is 0 Å². The molecule has 0 aliphatic rings. The summed E-state index contributed by atoms with van der Waals surface area (Å²) in [4.78, 5) is 11.0. The van der Waals surface area contributed by atoms with Crippen LogP contribution in [0.1, 0.15) is 10.4 Å². The van der Waals surface area contributed by atoms with Gasteiger partial charge in [0, 0.05) is 6.07 Å². The number of benzene rings is 1. The van der Waals surface area contributed by atoms with Crippen LogP contribution in [0.3, 0.4) is 0 Å². The molecule has 2 N–H and O–H groups in total. The molecule has 0 unspecified atom stereocenters. The zero-order chi connectivity index (χ0) is 10.0. The fraction of sp³-hybridized carbons (Fsp3) is 0.125. The van der Waals surface area contributed by atoms with Gasteiger partial charge in [0.05, 0.1) is 16.6 Å². The minimum atomic E-state index is -0.892. The number of carbonyl (C=O) groups is 1. The summed E-state index contributed by atoms with van der Waals surface area (Å²) < 4.78 is 25.7. The van der Waals surface area contributed by atoms with Gasteiger partial charge in [0.25, 0.3) is 0 Å². The Morgan fingerprint density at radius 1 is 1.38 bits per heavy atom. The second-order valence-corrected chi connectivity index (χ2v) is 3.23. The van der Waals surface area contributed by atoms with Crippen molar-refractivity contribution in [3.05, 3.63) is 33.8 Å². The van der Waals surface area contributed by atoms with Gasteiger partial charge < -0.3 is 5.73 Å². The molecular weight excluding hydrogens is 244 g/mol. The third-order valence-electron chi connectivity index (χ3n) is 1.50. The molecule has 0 aromatic heterocycles. The van der Waals surface area contributed by atoms with E-state index < -0.39 is 17.4 Å². The topological polar surface area (TPSA) is 43.1 Å². The molecule has 5 heteroatoms. The predicted molar refractivity (Wildman–Crippen MR) is 47.4 cm³/mol. The van der Waals surface area contributed by atoms with Crippen LogP contribution in [0.4, 0.5) is 8.78 Å². The predicted octanol–water partition coefficient (Wildman–Crippen LogP) is 1.87. The van der Waals surface area contributed by atoms with Crippen molar-refractivity contribution in [3.8, 4) is 0 Å². The molecule has 0 bridgehead atoms. The Morgan fingerprint density at radius 2 is 2.00 bits per heavy atom. The number of rotatable bonds is 2. The Balaban J connectivity index is 3.23. The van der Waals surface area contributed by atoms with Crippen LogP contribution in [0.25, 0.3) is 0 Å². The molecule has 0 aliphatic heterocycles. The molecule has 0 saturated carbocycles. The summed E-state index contributed by atoms with van der Waals surface area (Å²) in [6, 6.07) is 1.73. The van der Waals surface area contributed by atoms with Gasteiger partial charge in [-0.1, -0.05) is 0 Å². The molecule has 0 spiro atoms. The largest absolute Gasteiger partial charge is 0.324 e. The fourth-order valence-corrected chi connectivity index (χ4v) is 1.19. The molecule has 0 radical (unpaired) electrons. The van der Waals surface area contributed by atoms with E-state index in [4.69, 9.17) is 5.73 Å². The molecule has 13 heavy (non-hydrogen) atoms. The van der Waals surface area contributed by atoms with Crippen LogP contribution in [0.15, 0.2) is 16.6 Å². The number of nitrogens with two attached hydrogens (primary N) is 1. The molecule has 0 atom stereocenters. The lowest BCUT2D eigenvalue weighted by atomic mass is 10.1. The molecule has 2 nitrogen and oxygen atoms in total. The number of ketones is 1. The van der Waals surface area contributed by atoms with Crippen LogP contribution in [0.2, 0.25) is 0 Å². The Hall–Kier alpha value is -0.810. The molecule has 1 aromatic carbocycles. The third kappa shape index (κ3) is 2.10. The van der Waals surface area contributed by atoms with E-state index in [1.54, 1.807) is 0 Å². The molecule has 0 aliphatic carbocycles. The van der Waals surface area contributed by atoms with Crippen molar-refractivity contribution in [2.45, 2.75) is 0 Å². The van der Waals surface area contributed by atoms with Crippen molar-refractivity contribution in [1.82, 2.24) is 0 Å². The van der Waals surface area contributed by atoms with E-state index in [0.29, 0.717) is 6.07 Å². The summed E-state index contributed by atoms with van der Waals surface area (Å²) in [6.07, 6.45) is 0. The van der Waals surface area contributed by atoms with Gasteiger partial charge in [-0.2, -0.15) is 0 Å². The SMILES string of the molecule is NCC(=O)c1cc(Br)c(F)cc1F. The first kappa shape index (κ1) is 10.3. The van der Waals surface area contributed by atoms with Crippen LogP contribution >= 0.6 is 15.9 Å². The highest BCUT2D eigenvalue weighted by Gasteiger charge is 2.13. The average Bonchev–Trinajstić information content (AvgIpc) is 2.10. The quantitative estimate of drug-likeness (QED) is 0.643. The number of halogens is 3. The van der Waals surface area contributed by atoms with Crippen molar-refractivity contribution in [2.75, 3.05) is 6.54 Å². The summed E-state index contributed by atoms with van der Waals surface area (Å²) in [5.41, 5.74) is 4.84. The first-order chi connectivity index (χ1) is 6.06. The summed E-state index contributed by atoms with van der Waals surface area (Å²) in [6.45, 7) is -0.297. The second kappa shape index (κ2) is 3.93. The van der Waals surface area contributed by atoms with Crippen molar-refractivity contribution in [1.29, 1.82) is 0 Å². The van der Waals surface area contributed by atoms with E-state index in [-0.39, 0.29) is 16.6 Å². The molecule has 0 heterocycles. The smallest absolute Gasteiger partial charge is 0.179 e. The van der Waals surface area contributed by atoms with Crippen LogP contribution in [-0.2, 0) is 0 Å². The van der Waals surface area contributed by atoms with Crippen LogP contribution in [0, 0.1) is 11.6 Å². The van der Waals surface area contributed by atoms with Gasteiger partial charge in [-0.15, -0.1) is 0 Å². The number of carbonyl (C=O) groups excluding carboxylic acids is 1. The number of hydrogen-bond acceptors (Lipinski definition) is 2. The van der Waals surface area contributed by atoms with E-state index in [0.717, 1.165) is 6.07 Å². The maximum absolute atomic E-state index is 12.9. The first-order valence-corrected chi connectivity index (χ1v) is 4.23. The second-order valence-electron chi connectivity index (χ2n) is 2.37. The molecule has 0 saturated heterocycles. The van der Waals surface area contributed by atoms with Crippen molar-refractivity contribution < 1.29 is 13.6 Å². The molecule has 0 fully saturated rings. The van der Waals surface area contributed by atoms with Crippen LogP contribution < -0.4 is 5.73 Å². The zero-order valence-electron chi connectivity index (χ0n) is 6.48. The maximum atomic E-state index is 12.9. The highest BCUT2D eigenvalue weighted by Crippen LogP contribution is 2.20. The maximum Gasteiger partial charge on any atom is 0.179 e. The van der Waals surface area contributed by atoms with E-state index in [1.165, 1.54) is 0 Å². The van der Waals surface area contributed by atoms with Crippen molar-refractivity contribution in [2.24, 2.45) is 5.73 Å².